The Hall–Kier alpha value is -4.01. The van der Waals surface area contributed by atoms with Crippen molar-refractivity contribution in [1.29, 1.82) is 0 Å². The summed E-state index contributed by atoms with van der Waals surface area (Å²) < 4.78 is 4.99. The van der Waals surface area contributed by atoms with Crippen molar-refractivity contribution in [3.63, 3.8) is 0 Å². The second kappa shape index (κ2) is 8.99. The Kier molecular flexibility index (Phi) is 6.21. The molecule has 1 aromatic heterocycles. The Morgan fingerprint density at radius 2 is 1.70 bits per heavy atom. The van der Waals surface area contributed by atoms with Gasteiger partial charge in [0.05, 0.1) is 11.4 Å². The second-order valence-corrected chi connectivity index (χ2v) is 6.66. The molecule has 0 spiro atoms. The van der Waals surface area contributed by atoms with Crippen molar-refractivity contribution in [3.8, 4) is 5.69 Å². The first-order valence-corrected chi connectivity index (χ1v) is 9.18. The molecule has 0 aliphatic carbocycles. The van der Waals surface area contributed by atoms with Crippen molar-refractivity contribution in [3.05, 3.63) is 76.6 Å². The second-order valence-electron chi connectivity index (χ2n) is 6.66. The first-order chi connectivity index (χ1) is 14.3. The van der Waals surface area contributed by atoms with Crippen molar-refractivity contribution >= 4 is 17.8 Å². The van der Waals surface area contributed by atoms with Crippen LogP contribution in [0.3, 0.4) is 0 Å². The zero-order chi connectivity index (χ0) is 21.7. The minimum atomic E-state index is -0.784. The maximum atomic E-state index is 12.3. The van der Waals surface area contributed by atoms with Crippen molar-refractivity contribution in [2.45, 2.75) is 20.8 Å². The third kappa shape index (κ3) is 4.88. The molecule has 0 aliphatic rings. The van der Waals surface area contributed by atoms with Crippen molar-refractivity contribution in [1.82, 2.24) is 25.8 Å². The van der Waals surface area contributed by atoms with Crippen LogP contribution in [0.4, 0.5) is 0 Å². The summed E-state index contributed by atoms with van der Waals surface area (Å²) >= 11 is 0. The topological polar surface area (TPSA) is 115 Å². The molecule has 2 aromatic carbocycles. The van der Waals surface area contributed by atoms with Gasteiger partial charge in [0.25, 0.3) is 11.8 Å². The van der Waals surface area contributed by atoms with Crippen molar-refractivity contribution in [2.75, 3.05) is 6.61 Å². The monoisotopic (exact) mass is 407 g/mol. The average molecular weight is 407 g/mol. The number of ether oxygens (including phenoxy) is 1. The number of rotatable bonds is 5. The van der Waals surface area contributed by atoms with Crippen LogP contribution >= 0.6 is 0 Å². The molecule has 9 heteroatoms. The molecular weight excluding hydrogens is 386 g/mol. The molecule has 154 valence electrons. The van der Waals surface area contributed by atoms with Crippen LogP contribution in [0.15, 0.2) is 48.5 Å². The summed E-state index contributed by atoms with van der Waals surface area (Å²) in [7, 11) is 0. The van der Waals surface area contributed by atoms with Crippen LogP contribution < -0.4 is 10.9 Å². The van der Waals surface area contributed by atoms with Crippen LogP contribution in [0.2, 0.25) is 0 Å². The summed E-state index contributed by atoms with van der Waals surface area (Å²) in [6, 6.07) is 14.1. The zero-order valence-electron chi connectivity index (χ0n) is 16.8. The number of hydrogen-bond donors (Lipinski definition) is 2. The normalized spacial score (nSPS) is 10.4. The Bertz CT molecular complexity index is 1090. The number of nitrogens with one attached hydrogen (secondary N) is 2. The number of aromatic nitrogens is 3. The fraction of sp³-hybridized carbons (Fsp3) is 0.190. The number of aryl methyl sites for hydroxylation is 3. The number of amides is 2. The molecule has 30 heavy (non-hydrogen) atoms. The lowest BCUT2D eigenvalue weighted by molar-refractivity contribution is -0.125. The summed E-state index contributed by atoms with van der Waals surface area (Å²) in [6.45, 7) is 4.95. The largest absolute Gasteiger partial charge is 0.451 e. The first-order valence-electron chi connectivity index (χ1n) is 9.18. The standard InChI is InChI=1S/C21H21N5O4/c1-13-9-10-17(14(2)11-13)26-24-15(3)19(25-26)21(29)30-12-18(27)22-23-20(28)16-7-5-4-6-8-16/h4-11H,12H2,1-3H3,(H,22,27)(H,23,28). The predicted octanol–water partition coefficient (Wildman–Crippen LogP) is 1.81. The Morgan fingerprint density at radius 3 is 2.40 bits per heavy atom. The first kappa shape index (κ1) is 20.7. The van der Waals surface area contributed by atoms with Gasteiger partial charge < -0.3 is 4.74 Å². The molecule has 1 heterocycles. The fourth-order valence-corrected chi connectivity index (χ4v) is 2.73. The highest BCUT2D eigenvalue weighted by Gasteiger charge is 2.20. The molecule has 9 nitrogen and oxygen atoms in total. The van der Waals surface area contributed by atoms with Crippen LogP contribution in [-0.4, -0.2) is 39.4 Å². The average Bonchev–Trinajstić information content (AvgIpc) is 3.12. The highest BCUT2D eigenvalue weighted by atomic mass is 16.5. The van der Waals surface area contributed by atoms with Gasteiger partial charge in [0.2, 0.25) is 0 Å². The number of carbonyl (C=O) groups is 3. The van der Waals surface area contributed by atoms with E-state index in [1.54, 1.807) is 37.3 Å². The lowest BCUT2D eigenvalue weighted by atomic mass is 10.1. The molecule has 0 unspecified atom stereocenters. The molecule has 0 fully saturated rings. The van der Waals surface area contributed by atoms with Gasteiger partial charge in [-0.3, -0.25) is 20.4 Å². The molecule has 2 amide bonds. The van der Waals surface area contributed by atoms with E-state index >= 15 is 0 Å². The van der Waals surface area contributed by atoms with E-state index in [1.165, 1.54) is 4.80 Å². The quantitative estimate of drug-likeness (QED) is 0.492. The number of hydrazine groups is 1. The summed E-state index contributed by atoms with van der Waals surface area (Å²) in [5, 5.41) is 8.45. The van der Waals surface area contributed by atoms with E-state index in [0.717, 1.165) is 16.8 Å². The third-order valence-electron chi connectivity index (χ3n) is 4.23. The van der Waals surface area contributed by atoms with Gasteiger partial charge >= 0.3 is 5.97 Å². The van der Waals surface area contributed by atoms with E-state index in [0.29, 0.717) is 11.3 Å². The van der Waals surface area contributed by atoms with E-state index in [9.17, 15) is 14.4 Å². The smallest absolute Gasteiger partial charge is 0.361 e. The molecule has 2 N–H and O–H groups in total. The van der Waals surface area contributed by atoms with Gasteiger partial charge in [0.1, 0.15) is 0 Å². The third-order valence-corrected chi connectivity index (χ3v) is 4.23. The molecule has 0 radical (unpaired) electrons. The highest BCUT2D eigenvalue weighted by Crippen LogP contribution is 2.15. The maximum absolute atomic E-state index is 12.3. The minimum Gasteiger partial charge on any atom is -0.451 e. The van der Waals surface area contributed by atoms with Crippen LogP contribution in [0.5, 0.6) is 0 Å². The number of hydrogen-bond acceptors (Lipinski definition) is 6. The van der Waals surface area contributed by atoms with Crippen LogP contribution in [0.1, 0.15) is 37.7 Å². The Balaban J connectivity index is 1.56. The number of nitrogens with zero attached hydrogens (tertiary/aromatic N) is 3. The molecule has 0 saturated carbocycles. The fourth-order valence-electron chi connectivity index (χ4n) is 2.73. The highest BCUT2D eigenvalue weighted by molar-refractivity contribution is 5.95. The van der Waals surface area contributed by atoms with Crippen molar-refractivity contribution < 1.29 is 19.1 Å². The molecule has 3 rings (SSSR count). The van der Waals surface area contributed by atoms with E-state index < -0.39 is 24.4 Å². The van der Waals surface area contributed by atoms with Gasteiger partial charge in [-0.1, -0.05) is 35.9 Å². The van der Waals surface area contributed by atoms with Crippen LogP contribution in [0, 0.1) is 20.8 Å². The molecule has 0 aliphatic heterocycles. The van der Waals surface area contributed by atoms with E-state index in [-0.39, 0.29) is 5.69 Å². The number of esters is 1. The SMILES string of the molecule is Cc1ccc(-n2nc(C)c(C(=O)OCC(=O)NNC(=O)c3ccccc3)n2)c(C)c1. The van der Waals surface area contributed by atoms with Gasteiger partial charge in [0, 0.05) is 5.56 Å². The molecule has 0 bridgehead atoms. The predicted molar refractivity (Wildman–Crippen MR) is 108 cm³/mol. The van der Waals surface area contributed by atoms with E-state index in [1.807, 2.05) is 32.0 Å². The lowest BCUT2D eigenvalue weighted by Gasteiger charge is -2.07. The summed E-state index contributed by atoms with van der Waals surface area (Å²) in [5.41, 5.74) is 8.00. The Morgan fingerprint density at radius 1 is 0.967 bits per heavy atom. The molecule has 0 saturated heterocycles. The van der Waals surface area contributed by atoms with Gasteiger partial charge in [0.15, 0.2) is 12.3 Å². The molecular formula is C21H21N5O4. The van der Waals surface area contributed by atoms with Gasteiger partial charge in [-0.25, -0.2) is 4.79 Å². The summed E-state index contributed by atoms with van der Waals surface area (Å²) in [6.07, 6.45) is 0. The summed E-state index contributed by atoms with van der Waals surface area (Å²) in [5.74, 6) is -1.96. The van der Waals surface area contributed by atoms with Gasteiger partial charge in [-0.2, -0.15) is 9.90 Å². The van der Waals surface area contributed by atoms with Crippen LogP contribution in [-0.2, 0) is 9.53 Å². The van der Waals surface area contributed by atoms with Crippen LogP contribution in [0.25, 0.3) is 5.69 Å². The van der Waals surface area contributed by atoms with E-state index in [4.69, 9.17) is 4.74 Å². The molecule has 3 aromatic rings. The number of benzene rings is 2. The lowest BCUT2D eigenvalue weighted by Crippen LogP contribution is -2.43. The number of carbonyl (C=O) groups excluding carboxylic acids is 3. The van der Waals surface area contributed by atoms with Gasteiger partial charge in [-0.15, -0.1) is 5.10 Å². The summed E-state index contributed by atoms with van der Waals surface area (Å²) in [4.78, 5) is 37.4. The molecule has 0 atom stereocenters. The maximum Gasteiger partial charge on any atom is 0.361 e. The zero-order valence-corrected chi connectivity index (χ0v) is 16.8. The minimum absolute atomic E-state index is 0.0103. The Labute approximate surface area is 173 Å². The van der Waals surface area contributed by atoms with Gasteiger partial charge in [-0.05, 0) is 44.5 Å². The van der Waals surface area contributed by atoms with E-state index in [2.05, 4.69) is 21.0 Å². The van der Waals surface area contributed by atoms with Crippen molar-refractivity contribution in [2.24, 2.45) is 0 Å².